The van der Waals surface area contributed by atoms with Gasteiger partial charge in [0.2, 0.25) is 11.2 Å². The zero-order chi connectivity index (χ0) is 24.5. The summed E-state index contributed by atoms with van der Waals surface area (Å²) >= 11 is 5.95. The standard InChI is InChI=1S/C27H18ClN3O4/c1-16-6-8-17(9-7-16)25(33)26-23(20-4-2-3-5-22(20)35-26)29-27(34)24-21(32)14-15-31(30-24)19-12-10-18(28)11-13-19/h2-15H,1H3,(H,29,34). The number of furan rings is 1. The Hall–Kier alpha value is -4.49. The third kappa shape index (κ3) is 4.37. The van der Waals surface area contributed by atoms with Crippen molar-refractivity contribution in [2.24, 2.45) is 0 Å². The molecule has 8 heteroatoms. The van der Waals surface area contributed by atoms with E-state index in [2.05, 4.69) is 10.4 Å². The monoisotopic (exact) mass is 483 g/mol. The fraction of sp³-hybridized carbons (Fsp3) is 0.0370. The summed E-state index contributed by atoms with van der Waals surface area (Å²) in [6.07, 6.45) is 1.46. The number of ketones is 1. The first-order valence-corrected chi connectivity index (χ1v) is 11.1. The Balaban J connectivity index is 1.55. The van der Waals surface area contributed by atoms with Gasteiger partial charge in [-0.1, -0.05) is 53.6 Å². The first-order valence-electron chi connectivity index (χ1n) is 10.7. The van der Waals surface area contributed by atoms with Crippen molar-refractivity contribution < 1.29 is 14.0 Å². The Bertz CT molecular complexity index is 1630. The van der Waals surface area contributed by atoms with Crippen molar-refractivity contribution in [3.63, 3.8) is 0 Å². The summed E-state index contributed by atoms with van der Waals surface area (Å²) in [5.41, 5.74) is 1.75. The minimum absolute atomic E-state index is 0.0302. The van der Waals surface area contributed by atoms with Gasteiger partial charge >= 0.3 is 0 Å². The number of halogens is 1. The van der Waals surface area contributed by atoms with E-state index in [1.165, 1.54) is 16.9 Å². The van der Waals surface area contributed by atoms with E-state index in [0.717, 1.165) is 5.56 Å². The maximum Gasteiger partial charge on any atom is 0.280 e. The number of hydrogen-bond acceptors (Lipinski definition) is 5. The molecule has 172 valence electrons. The van der Waals surface area contributed by atoms with E-state index in [1.54, 1.807) is 60.7 Å². The highest BCUT2D eigenvalue weighted by atomic mass is 35.5. The Morgan fingerprint density at radius 3 is 2.40 bits per heavy atom. The first kappa shape index (κ1) is 22.3. The molecule has 0 spiro atoms. The highest BCUT2D eigenvalue weighted by Gasteiger charge is 2.25. The Morgan fingerprint density at radius 2 is 1.66 bits per heavy atom. The molecule has 0 aliphatic rings. The number of carbonyl (C=O) groups is 2. The molecule has 5 aromatic rings. The lowest BCUT2D eigenvalue weighted by Crippen LogP contribution is -2.26. The van der Waals surface area contributed by atoms with Crippen molar-refractivity contribution in [1.29, 1.82) is 0 Å². The predicted octanol–water partition coefficient (Wildman–Crippen LogP) is 5.42. The molecule has 0 aliphatic carbocycles. The molecule has 0 bridgehead atoms. The lowest BCUT2D eigenvalue weighted by atomic mass is 10.1. The van der Waals surface area contributed by atoms with E-state index >= 15 is 0 Å². The number of nitrogens with zero attached hydrogens (tertiary/aromatic N) is 2. The van der Waals surface area contributed by atoms with Crippen molar-refractivity contribution in [3.05, 3.63) is 123 Å². The molecule has 0 unspecified atom stereocenters. The Labute approximate surface area is 204 Å². The predicted molar refractivity (Wildman–Crippen MR) is 134 cm³/mol. The second-order valence-corrected chi connectivity index (χ2v) is 8.34. The third-order valence-corrected chi connectivity index (χ3v) is 5.72. The van der Waals surface area contributed by atoms with Gasteiger partial charge in [0.25, 0.3) is 5.91 Å². The van der Waals surface area contributed by atoms with Gasteiger partial charge in [-0.2, -0.15) is 5.10 Å². The summed E-state index contributed by atoms with van der Waals surface area (Å²) in [7, 11) is 0. The second kappa shape index (κ2) is 9.04. The van der Waals surface area contributed by atoms with Gasteiger partial charge in [0.15, 0.2) is 11.5 Å². The number of fused-ring (bicyclic) bond motifs is 1. The number of anilines is 1. The summed E-state index contributed by atoms with van der Waals surface area (Å²) in [5.74, 6) is -1.18. The molecule has 3 aromatic carbocycles. The van der Waals surface area contributed by atoms with Crippen molar-refractivity contribution in [2.45, 2.75) is 6.92 Å². The highest BCUT2D eigenvalue weighted by molar-refractivity contribution is 6.30. The van der Waals surface area contributed by atoms with Crippen LogP contribution in [0.2, 0.25) is 5.02 Å². The maximum atomic E-state index is 13.3. The molecule has 5 rings (SSSR count). The van der Waals surface area contributed by atoms with Crippen LogP contribution in [0.5, 0.6) is 0 Å². The highest BCUT2D eigenvalue weighted by Crippen LogP contribution is 2.32. The average molecular weight is 484 g/mol. The molecule has 2 aromatic heterocycles. The van der Waals surface area contributed by atoms with Crippen molar-refractivity contribution in [2.75, 3.05) is 5.32 Å². The van der Waals surface area contributed by atoms with Gasteiger partial charge in [0, 0.05) is 28.2 Å². The second-order valence-electron chi connectivity index (χ2n) is 7.90. The molecule has 1 N–H and O–H groups in total. The first-order chi connectivity index (χ1) is 16.9. The fourth-order valence-corrected chi connectivity index (χ4v) is 3.77. The smallest absolute Gasteiger partial charge is 0.280 e. The van der Waals surface area contributed by atoms with E-state index in [9.17, 15) is 14.4 Å². The lowest BCUT2D eigenvalue weighted by Gasteiger charge is -2.09. The minimum Gasteiger partial charge on any atom is -0.450 e. The number of carbonyl (C=O) groups excluding carboxylic acids is 2. The van der Waals surface area contributed by atoms with Crippen LogP contribution in [-0.4, -0.2) is 21.5 Å². The van der Waals surface area contributed by atoms with Crippen LogP contribution in [0, 0.1) is 6.92 Å². The molecule has 1 amide bonds. The van der Waals surface area contributed by atoms with Crippen LogP contribution in [0.25, 0.3) is 16.7 Å². The zero-order valence-corrected chi connectivity index (χ0v) is 19.2. The Morgan fingerprint density at radius 1 is 0.943 bits per heavy atom. The summed E-state index contributed by atoms with van der Waals surface area (Å²) in [6.45, 7) is 1.92. The Kier molecular flexibility index (Phi) is 5.76. The molecule has 2 heterocycles. The SMILES string of the molecule is Cc1ccc(C(=O)c2oc3ccccc3c2NC(=O)c2nn(-c3ccc(Cl)cc3)ccc2=O)cc1. The van der Waals surface area contributed by atoms with Gasteiger partial charge in [-0.15, -0.1) is 0 Å². The number of nitrogens with one attached hydrogen (secondary N) is 1. The molecule has 0 atom stereocenters. The fourth-order valence-electron chi connectivity index (χ4n) is 3.64. The van der Waals surface area contributed by atoms with Crippen molar-refractivity contribution >= 4 is 39.9 Å². The molecular formula is C27H18ClN3O4. The topological polar surface area (TPSA) is 94.2 Å². The largest absolute Gasteiger partial charge is 0.450 e. The van der Waals surface area contributed by atoms with E-state index in [4.69, 9.17) is 16.0 Å². The quantitative estimate of drug-likeness (QED) is 0.337. The van der Waals surface area contributed by atoms with Gasteiger partial charge in [-0.25, -0.2) is 4.68 Å². The lowest BCUT2D eigenvalue weighted by molar-refractivity contribution is 0.101. The molecule has 0 saturated carbocycles. The van der Waals surface area contributed by atoms with Crippen molar-refractivity contribution in [1.82, 2.24) is 9.78 Å². The summed E-state index contributed by atoms with van der Waals surface area (Å²) in [4.78, 5) is 39.0. The molecule has 0 aliphatic heterocycles. The van der Waals surface area contributed by atoms with Crippen LogP contribution >= 0.6 is 11.6 Å². The van der Waals surface area contributed by atoms with Crippen LogP contribution in [0.15, 0.2) is 94.3 Å². The number of amides is 1. The molecule has 0 saturated heterocycles. The number of rotatable bonds is 5. The van der Waals surface area contributed by atoms with E-state index in [0.29, 0.717) is 27.2 Å². The van der Waals surface area contributed by atoms with E-state index in [1.807, 2.05) is 19.1 Å². The molecule has 0 fully saturated rings. The number of hydrogen-bond donors (Lipinski definition) is 1. The van der Waals surface area contributed by atoms with E-state index in [-0.39, 0.29) is 17.1 Å². The van der Waals surface area contributed by atoms with Crippen LogP contribution in [0.4, 0.5) is 5.69 Å². The van der Waals surface area contributed by atoms with Gasteiger partial charge in [0.05, 0.1) is 11.4 Å². The van der Waals surface area contributed by atoms with Crippen LogP contribution in [0.3, 0.4) is 0 Å². The molecule has 0 radical (unpaired) electrons. The number of para-hydroxylation sites is 1. The maximum absolute atomic E-state index is 13.3. The number of aryl methyl sites for hydroxylation is 1. The van der Waals surface area contributed by atoms with E-state index < -0.39 is 17.1 Å². The third-order valence-electron chi connectivity index (χ3n) is 5.47. The number of aromatic nitrogens is 2. The normalized spacial score (nSPS) is 10.9. The summed E-state index contributed by atoms with van der Waals surface area (Å²) in [5, 5.41) is 7.98. The summed E-state index contributed by atoms with van der Waals surface area (Å²) in [6, 6.07) is 22.0. The van der Waals surface area contributed by atoms with Crippen molar-refractivity contribution in [3.8, 4) is 5.69 Å². The average Bonchev–Trinajstić information content (AvgIpc) is 3.23. The molecular weight excluding hydrogens is 466 g/mol. The molecule has 7 nitrogen and oxygen atoms in total. The summed E-state index contributed by atoms with van der Waals surface area (Å²) < 4.78 is 7.24. The van der Waals surface area contributed by atoms with Crippen LogP contribution in [-0.2, 0) is 0 Å². The van der Waals surface area contributed by atoms with Gasteiger partial charge < -0.3 is 9.73 Å². The van der Waals surface area contributed by atoms with Crippen LogP contribution < -0.4 is 10.7 Å². The number of benzene rings is 3. The zero-order valence-electron chi connectivity index (χ0n) is 18.5. The van der Waals surface area contributed by atoms with Crippen LogP contribution in [0.1, 0.15) is 32.2 Å². The van der Waals surface area contributed by atoms with Gasteiger partial charge in [-0.05, 0) is 43.3 Å². The molecule has 35 heavy (non-hydrogen) atoms. The minimum atomic E-state index is -0.761. The van der Waals surface area contributed by atoms with Gasteiger partial charge in [-0.3, -0.25) is 14.4 Å². The van der Waals surface area contributed by atoms with Gasteiger partial charge in [0.1, 0.15) is 5.58 Å².